The Morgan fingerprint density at radius 1 is 1.32 bits per heavy atom. The highest BCUT2D eigenvalue weighted by molar-refractivity contribution is 5.95. The van der Waals surface area contributed by atoms with Crippen molar-refractivity contribution in [1.29, 1.82) is 0 Å². The second kappa shape index (κ2) is 9.68. The smallest absolute Gasteiger partial charge is 0.251 e. The standard InChI is InChI=1S/C19H28N2O3.ClH/c1-5-6-14-11-15(12-16(23-3)17(14)24-4)18(22)21-13-19(2)7-9-20-10-8-19;/h5,11-12,20H,1,6-10,13H2,2-4H3,(H,21,22);1H. The molecule has 1 aliphatic heterocycles. The van der Waals surface area contributed by atoms with Gasteiger partial charge in [0, 0.05) is 17.7 Å². The van der Waals surface area contributed by atoms with Crippen LogP contribution in [0.4, 0.5) is 0 Å². The van der Waals surface area contributed by atoms with E-state index in [0.717, 1.165) is 31.5 Å². The zero-order valence-electron chi connectivity index (χ0n) is 15.3. The molecule has 1 aromatic carbocycles. The summed E-state index contributed by atoms with van der Waals surface area (Å²) in [5.41, 5.74) is 1.63. The molecule has 1 saturated heterocycles. The van der Waals surface area contributed by atoms with Gasteiger partial charge in [-0.15, -0.1) is 19.0 Å². The molecule has 0 aliphatic carbocycles. The number of hydrogen-bond acceptors (Lipinski definition) is 4. The van der Waals surface area contributed by atoms with E-state index in [-0.39, 0.29) is 23.7 Å². The zero-order chi connectivity index (χ0) is 17.6. The fourth-order valence-electron chi connectivity index (χ4n) is 3.08. The van der Waals surface area contributed by atoms with Crippen LogP contribution < -0.4 is 20.1 Å². The predicted molar refractivity (Wildman–Crippen MR) is 103 cm³/mol. The molecule has 0 unspecified atom stereocenters. The third-order valence-corrected chi connectivity index (χ3v) is 4.67. The van der Waals surface area contributed by atoms with Gasteiger partial charge in [0.1, 0.15) is 0 Å². The Morgan fingerprint density at radius 3 is 2.56 bits per heavy atom. The fourth-order valence-corrected chi connectivity index (χ4v) is 3.08. The van der Waals surface area contributed by atoms with Gasteiger partial charge in [-0.3, -0.25) is 4.79 Å². The first-order chi connectivity index (χ1) is 11.5. The molecule has 6 heteroatoms. The second-order valence-corrected chi connectivity index (χ2v) is 6.61. The van der Waals surface area contributed by atoms with E-state index in [1.165, 1.54) is 0 Å². The highest BCUT2D eigenvalue weighted by atomic mass is 35.5. The molecule has 1 fully saturated rings. The minimum atomic E-state index is -0.0824. The molecule has 2 rings (SSSR count). The number of piperidine rings is 1. The summed E-state index contributed by atoms with van der Waals surface area (Å²) < 4.78 is 10.8. The topological polar surface area (TPSA) is 59.6 Å². The van der Waals surface area contributed by atoms with E-state index in [1.807, 2.05) is 6.07 Å². The molecule has 0 aromatic heterocycles. The number of ether oxygens (including phenoxy) is 2. The Hall–Kier alpha value is -1.72. The molecule has 2 N–H and O–H groups in total. The van der Waals surface area contributed by atoms with E-state index >= 15 is 0 Å². The van der Waals surface area contributed by atoms with E-state index in [1.54, 1.807) is 26.4 Å². The Labute approximate surface area is 156 Å². The van der Waals surface area contributed by atoms with Gasteiger partial charge in [-0.1, -0.05) is 13.0 Å². The first-order valence-electron chi connectivity index (χ1n) is 8.37. The van der Waals surface area contributed by atoms with Crippen molar-refractivity contribution in [2.45, 2.75) is 26.2 Å². The Bertz CT molecular complexity index is 599. The van der Waals surface area contributed by atoms with Crippen molar-refractivity contribution in [3.05, 3.63) is 35.9 Å². The number of carbonyl (C=O) groups excluding carboxylic acids is 1. The maximum Gasteiger partial charge on any atom is 0.251 e. The second-order valence-electron chi connectivity index (χ2n) is 6.61. The number of halogens is 1. The number of methoxy groups -OCH3 is 2. The van der Waals surface area contributed by atoms with Crippen molar-refractivity contribution in [2.75, 3.05) is 33.9 Å². The van der Waals surface area contributed by atoms with Gasteiger partial charge in [0.2, 0.25) is 0 Å². The molecule has 0 radical (unpaired) electrons. The van der Waals surface area contributed by atoms with Gasteiger partial charge in [-0.25, -0.2) is 0 Å². The largest absolute Gasteiger partial charge is 0.493 e. The van der Waals surface area contributed by atoms with Crippen molar-refractivity contribution in [2.24, 2.45) is 5.41 Å². The van der Waals surface area contributed by atoms with Gasteiger partial charge in [0.15, 0.2) is 11.5 Å². The SMILES string of the molecule is C=CCc1cc(C(=O)NCC2(C)CCNCC2)cc(OC)c1OC.Cl. The van der Waals surface area contributed by atoms with Crippen molar-refractivity contribution < 1.29 is 14.3 Å². The first-order valence-corrected chi connectivity index (χ1v) is 8.37. The highest BCUT2D eigenvalue weighted by Gasteiger charge is 2.27. The monoisotopic (exact) mass is 368 g/mol. The number of allylic oxidation sites excluding steroid dienone is 1. The summed E-state index contributed by atoms with van der Waals surface area (Å²) in [7, 11) is 3.18. The Kier molecular flexibility index (Phi) is 8.26. The predicted octanol–water partition coefficient (Wildman–Crippen LogP) is 2.97. The third-order valence-electron chi connectivity index (χ3n) is 4.67. The normalized spacial score (nSPS) is 15.6. The summed E-state index contributed by atoms with van der Waals surface area (Å²) in [6, 6.07) is 3.58. The van der Waals surface area contributed by atoms with E-state index in [0.29, 0.717) is 30.0 Å². The lowest BCUT2D eigenvalue weighted by Gasteiger charge is -2.34. The van der Waals surface area contributed by atoms with Crippen LogP contribution >= 0.6 is 12.4 Å². The van der Waals surface area contributed by atoms with Gasteiger partial charge in [0.05, 0.1) is 14.2 Å². The number of hydrogen-bond donors (Lipinski definition) is 2. The van der Waals surface area contributed by atoms with Crippen LogP contribution in [0.15, 0.2) is 24.8 Å². The van der Waals surface area contributed by atoms with Crippen LogP contribution in [0, 0.1) is 5.41 Å². The van der Waals surface area contributed by atoms with E-state index < -0.39 is 0 Å². The average molecular weight is 369 g/mol. The van der Waals surface area contributed by atoms with Crippen LogP contribution in [0.1, 0.15) is 35.7 Å². The number of nitrogens with one attached hydrogen (secondary N) is 2. The van der Waals surface area contributed by atoms with Gasteiger partial charge in [0.25, 0.3) is 5.91 Å². The maximum absolute atomic E-state index is 12.6. The molecular formula is C19H29ClN2O3. The zero-order valence-corrected chi connectivity index (χ0v) is 16.1. The molecular weight excluding hydrogens is 340 g/mol. The van der Waals surface area contributed by atoms with Crippen LogP contribution in [-0.2, 0) is 6.42 Å². The minimum Gasteiger partial charge on any atom is -0.493 e. The summed E-state index contributed by atoms with van der Waals surface area (Å²) in [6.45, 7) is 8.68. The van der Waals surface area contributed by atoms with Crippen molar-refractivity contribution in [3.8, 4) is 11.5 Å². The van der Waals surface area contributed by atoms with Gasteiger partial charge in [-0.2, -0.15) is 0 Å². The summed E-state index contributed by atoms with van der Waals surface area (Å²) in [6.07, 6.45) is 4.54. The maximum atomic E-state index is 12.6. The lowest BCUT2D eigenvalue weighted by atomic mass is 9.81. The average Bonchev–Trinajstić information content (AvgIpc) is 2.60. The van der Waals surface area contributed by atoms with E-state index in [9.17, 15) is 4.79 Å². The van der Waals surface area contributed by atoms with Crippen molar-refractivity contribution >= 4 is 18.3 Å². The Morgan fingerprint density at radius 2 is 2.00 bits per heavy atom. The van der Waals surface area contributed by atoms with Crippen LogP contribution in [-0.4, -0.2) is 39.8 Å². The molecule has 1 amide bonds. The van der Waals surface area contributed by atoms with E-state index in [4.69, 9.17) is 9.47 Å². The van der Waals surface area contributed by atoms with Crippen LogP contribution in [0.25, 0.3) is 0 Å². The van der Waals surface area contributed by atoms with E-state index in [2.05, 4.69) is 24.1 Å². The molecule has 25 heavy (non-hydrogen) atoms. The van der Waals surface area contributed by atoms with Crippen molar-refractivity contribution in [1.82, 2.24) is 10.6 Å². The molecule has 5 nitrogen and oxygen atoms in total. The van der Waals surface area contributed by atoms with Crippen LogP contribution in [0.3, 0.4) is 0 Å². The summed E-state index contributed by atoms with van der Waals surface area (Å²) >= 11 is 0. The molecule has 1 heterocycles. The third kappa shape index (κ3) is 5.38. The molecule has 1 aromatic rings. The number of rotatable bonds is 7. The molecule has 0 spiro atoms. The minimum absolute atomic E-state index is 0. The van der Waals surface area contributed by atoms with Crippen LogP contribution in [0.2, 0.25) is 0 Å². The number of benzene rings is 1. The van der Waals surface area contributed by atoms with Crippen molar-refractivity contribution in [3.63, 3.8) is 0 Å². The number of carbonyl (C=O) groups is 1. The summed E-state index contributed by atoms with van der Waals surface area (Å²) in [5, 5.41) is 6.43. The molecule has 140 valence electrons. The highest BCUT2D eigenvalue weighted by Crippen LogP contribution is 2.33. The fraction of sp³-hybridized carbons (Fsp3) is 0.526. The molecule has 0 atom stereocenters. The lowest BCUT2D eigenvalue weighted by molar-refractivity contribution is 0.0921. The first kappa shape index (κ1) is 21.3. The van der Waals surface area contributed by atoms with Gasteiger partial charge >= 0.3 is 0 Å². The summed E-state index contributed by atoms with van der Waals surface area (Å²) in [4.78, 5) is 12.6. The molecule has 1 aliphatic rings. The van der Waals surface area contributed by atoms with Crippen LogP contribution in [0.5, 0.6) is 11.5 Å². The van der Waals surface area contributed by atoms with Gasteiger partial charge in [-0.05, 0) is 49.9 Å². The molecule has 0 bridgehead atoms. The summed E-state index contributed by atoms with van der Waals surface area (Å²) in [5.74, 6) is 1.13. The Balaban J connectivity index is 0.00000312. The molecule has 0 saturated carbocycles. The lowest BCUT2D eigenvalue weighted by Crippen LogP contribution is -2.42. The quantitative estimate of drug-likeness (QED) is 0.726. The van der Waals surface area contributed by atoms with Gasteiger partial charge < -0.3 is 20.1 Å². The number of amides is 1.